The lowest BCUT2D eigenvalue weighted by Crippen LogP contribution is -2.32. The van der Waals surface area contributed by atoms with E-state index in [0.29, 0.717) is 6.67 Å². The molecule has 0 saturated carbocycles. The average molecular weight is 321 g/mol. The molecule has 2 aromatic rings. The Hall–Kier alpha value is -1.88. The molecule has 0 atom stereocenters. The van der Waals surface area contributed by atoms with Crippen LogP contribution in [0.2, 0.25) is 5.02 Å². The number of aromatic nitrogens is 3. The summed E-state index contributed by atoms with van der Waals surface area (Å²) in [6.07, 6.45) is 4.81. The summed E-state index contributed by atoms with van der Waals surface area (Å²) < 4.78 is 1.77. The maximum atomic E-state index is 12.2. The summed E-state index contributed by atoms with van der Waals surface area (Å²) in [5, 5.41) is 8.33. The molecule has 0 spiro atoms. The van der Waals surface area contributed by atoms with E-state index in [2.05, 4.69) is 30.1 Å². The van der Waals surface area contributed by atoms with Crippen molar-refractivity contribution in [3.05, 3.63) is 40.4 Å². The van der Waals surface area contributed by atoms with Crippen molar-refractivity contribution < 1.29 is 4.79 Å². The number of carbonyl (C=O) groups is 1. The maximum absolute atomic E-state index is 12.2. The van der Waals surface area contributed by atoms with E-state index in [1.165, 1.54) is 0 Å². The smallest absolute Gasteiger partial charge is 0.225 e. The number of benzene rings is 1. The first-order chi connectivity index (χ1) is 10.5. The summed E-state index contributed by atoms with van der Waals surface area (Å²) >= 11 is 6.49. The molecule has 22 heavy (non-hydrogen) atoms. The van der Waals surface area contributed by atoms with Crippen molar-refractivity contribution in [2.45, 2.75) is 47.2 Å². The standard InChI is InChI=1S/C16H21ClN4O/c1-5-13-7-11(3)15(17)14(6-2)16(13)21(12(4)22)10-20-8-18-19-9-20/h7-9H,5-6,10H2,1-4H3. The quantitative estimate of drug-likeness (QED) is 0.848. The van der Waals surface area contributed by atoms with E-state index >= 15 is 0 Å². The predicted octanol–water partition coefficient (Wildman–Crippen LogP) is 3.38. The van der Waals surface area contributed by atoms with Gasteiger partial charge in [0.2, 0.25) is 5.91 Å². The van der Waals surface area contributed by atoms with Crippen molar-refractivity contribution in [1.29, 1.82) is 0 Å². The molecular weight excluding hydrogens is 300 g/mol. The van der Waals surface area contributed by atoms with Gasteiger partial charge in [0.15, 0.2) is 0 Å². The van der Waals surface area contributed by atoms with Crippen LogP contribution in [0.15, 0.2) is 18.7 Å². The molecule has 0 saturated heterocycles. The highest BCUT2D eigenvalue weighted by molar-refractivity contribution is 6.32. The van der Waals surface area contributed by atoms with Crippen LogP contribution in [-0.2, 0) is 24.3 Å². The Labute approximate surface area is 135 Å². The zero-order chi connectivity index (χ0) is 16.3. The Kier molecular flexibility index (Phi) is 5.19. The SMILES string of the molecule is CCc1cc(C)c(Cl)c(CC)c1N(Cn1cnnc1)C(C)=O. The van der Waals surface area contributed by atoms with Crippen LogP contribution in [0.25, 0.3) is 0 Å². The number of aryl methyl sites for hydroxylation is 2. The van der Waals surface area contributed by atoms with Crippen molar-refractivity contribution in [3.63, 3.8) is 0 Å². The summed E-state index contributed by atoms with van der Waals surface area (Å²) in [5.74, 6) is -0.0296. The van der Waals surface area contributed by atoms with Crippen LogP contribution < -0.4 is 4.90 Å². The molecule has 0 fully saturated rings. The van der Waals surface area contributed by atoms with Crippen LogP contribution in [0.5, 0.6) is 0 Å². The van der Waals surface area contributed by atoms with Gasteiger partial charge in [0.05, 0.1) is 5.69 Å². The Morgan fingerprint density at radius 1 is 1.27 bits per heavy atom. The van der Waals surface area contributed by atoms with Gasteiger partial charge >= 0.3 is 0 Å². The summed E-state index contributed by atoms with van der Waals surface area (Å²) in [5.41, 5.74) is 4.11. The van der Waals surface area contributed by atoms with E-state index in [0.717, 1.165) is 40.2 Å². The molecule has 1 amide bonds. The number of rotatable bonds is 5. The molecule has 0 bridgehead atoms. The minimum absolute atomic E-state index is 0.0296. The second-order valence-corrected chi connectivity index (χ2v) is 5.64. The van der Waals surface area contributed by atoms with E-state index in [1.807, 2.05) is 6.92 Å². The molecule has 0 aliphatic carbocycles. The molecule has 1 aromatic heterocycles. The summed E-state index contributed by atoms with van der Waals surface area (Å²) in [6.45, 7) is 8.09. The van der Waals surface area contributed by atoms with Gasteiger partial charge < -0.3 is 4.57 Å². The van der Waals surface area contributed by atoms with Crippen LogP contribution in [0, 0.1) is 6.92 Å². The molecule has 1 aromatic carbocycles. The zero-order valence-electron chi connectivity index (χ0n) is 13.4. The normalized spacial score (nSPS) is 10.8. The molecule has 6 heteroatoms. The van der Waals surface area contributed by atoms with Crippen LogP contribution in [-0.4, -0.2) is 20.7 Å². The van der Waals surface area contributed by atoms with E-state index in [9.17, 15) is 4.79 Å². The number of amides is 1. The minimum atomic E-state index is -0.0296. The molecule has 0 aliphatic heterocycles. The van der Waals surface area contributed by atoms with Gasteiger partial charge in [0.25, 0.3) is 0 Å². The van der Waals surface area contributed by atoms with Gasteiger partial charge in [-0.15, -0.1) is 10.2 Å². The monoisotopic (exact) mass is 320 g/mol. The van der Waals surface area contributed by atoms with Gasteiger partial charge in [-0.3, -0.25) is 9.69 Å². The van der Waals surface area contributed by atoms with E-state index in [1.54, 1.807) is 29.0 Å². The lowest BCUT2D eigenvalue weighted by molar-refractivity contribution is -0.116. The summed E-state index contributed by atoms with van der Waals surface area (Å²) in [6, 6.07) is 2.07. The molecule has 5 nitrogen and oxygen atoms in total. The third-order valence-corrected chi connectivity index (χ3v) is 4.27. The second-order valence-electron chi connectivity index (χ2n) is 5.27. The van der Waals surface area contributed by atoms with E-state index < -0.39 is 0 Å². The number of nitrogens with zero attached hydrogens (tertiary/aromatic N) is 4. The highest BCUT2D eigenvalue weighted by Gasteiger charge is 2.21. The number of halogens is 1. The van der Waals surface area contributed by atoms with Crippen LogP contribution >= 0.6 is 11.6 Å². The highest BCUT2D eigenvalue weighted by Crippen LogP contribution is 2.35. The van der Waals surface area contributed by atoms with Gasteiger partial charge in [0, 0.05) is 11.9 Å². The van der Waals surface area contributed by atoms with E-state index in [4.69, 9.17) is 11.6 Å². The van der Waals surface area contributed by atoms with Crippen molar-refractivity contribution >= 4 is 23.2 Å². The number of hydrogen-bond donors (Lipinski definition) is 0. The molecule has 0 radical (unpaired) electrons. The van der Waals surface area contributed by atoms with Gasteiger partial charge in [-0.1, -0.05) is 31.5 Å². The summed E-state index contributed by atoms with van der Waals surface area (Å²) in [7, 11) is 0. The second kappa shape index (κ2) is 6.92. The van der Waals surface area contributed by atoms with Gasteiger partial charge in [-0.05, 0) is 36.5 Å². The van der Waals surface area contributed by atoms with Crippen LogP contribution in [0.1, 0.15) is 37.5 Å². The largest absolute Gasteiger partial charge is 0.301 e. The van der Waals surface area contributed by atoms with Crippen molar-refractivity contribution in [3.8, 4) is 0 Å². The lowest BCUT2D eigenvalue weighted by atomic mass is 9.98. The zero-order valence-corrected chi connectivity index (χ0v) is 14.2. The number of carbonyl (C=O) groups excluding carboxylic acids is 1. The van der Waals surface area contributed by atoms with E-state index in [-0.39, 0.29) is 5.91 Å². The first-order valence-electron chi connectivity index (χ1n) is 7.40. The van der Waals surface area contributed by atoms with Gasteiger partial charge in [-0.2, -0.15) is 0 Å². The van der Waals surface area contributed by atoms with Gasteiger partial charge in [-0.25, -0.2) is 0 Å². The van der Waals surface area contributed by atoms with Crippen molar-refractivity contribution in [1.82, 2.24) is 14.8 Å². The maximum Gasteiger partial charge on any atom is 0.225 e. The minimum Gasteiger partial charge on any atom is -0.301 e. The molecule has 0 aliphatic rings. The first kappa shape index (κ1) is 16.5. The summed E-state index contributed by atoms with van der Waals surface area (Å²) in [4.78, 5) is 14.0. The average Bonchev–Trinajstić information content (AvgIpc) is 3.00. The molecular formula is C16H21ClN4O. The molecule has 118 valence electrons. The molecule has 2 rings (SSSR count). The fourth-order valence-corrected chi connectivity index (χ4v) is 2.92. The third-order valence-electron chi connectivity index (χ3n) is 3.75. The predicted molar refractivity (Wildman–Crippen MR) is 88.1 cm³/mol. The first-order valence-corrected chi connectivity index (χ1v) is 7.78. The Morgan fingerprint density at radius 3 is 2.41 bits per heavy atom. The third kappa shape index (κ3) is 3.14. The topological polar surface area (TPSA) is 51.0 Å². The number of hydrogen-bond acceptors (Lipinski definition) is 3. The fraction of sp³-hybridized carbons (Fsp3) is 0.438. The van der Waals surface area contributed by atoms with Crippen molar-refractivity contribution in [2.75, 3.05) is 4.90 Å². The Bertz CT molecular complexity index is 667. The van der Waals surface area contributed by atoms with Gasteiger partial charge in [0.1, 0.15) is 19.3 Å². The fourth-order valence-electron chi connectivity index (χ4n) is 2.64. The van der Waals surface area contributed by atoms with Crippen molar-refractivity contribution in [2.24, 2.45) is 0 Å². The van der Waals surface area contributed by atoms with Crippen LogP contribution in [0.3, 0.4) is 0 Å². The molecule has 0 N–H and O–H groups in total. The lowest BCUT2D eigenvalue weighted by Gasteiger charge is -2.28. The Morgan fingerprint density at radius 2 is 1.91 bits per heavy atom. The highest BCUT2D eigenvalue weighted by atomic mass is 35.5. The number of anilines is 1. The van der Waals surface area contributed by atoms with Crippen LogP contribution in [0.4, 0.5) is 5.69 Å². The Balaban J connectivity index is 2.59. The molecule has 1 heterocycles. The molecule has 0 unspecified atom stereocenters.